The Labute approximate surface area is 103 Å². The summed E-state index contributed by atoms with van der Waals surface area (Å²) in [5, 5.41) is 12.9. The van der Waals surface area contributed by atoms with Gasteiger partial charge in [0.15, 0.2) is 0 Å². The fraction of sp³-hybridized carbons (Fsp3) is 0.846. The van der Waals surface area contributed by atoms with Gasteiger partial charge >= 0.3 is 5.97 Å². The third-order valence-electron chi connectivity index (χ3n) is 3.61. The molecule has 17 heavy (non-hydrogen) atoms. The molecule has 3 atom stereocenters. The molecule has 1 aliphatic rings. The van der Waals surface area contributed by atoms with Crippen molar-refractivity contribution in [2.24, 2.45) is 28.3 Å². The molecule has 0 aliphatic heterocycles. The Morgan fingerprint density at radius 1 is 1.59 bits per heavy atom. The standard InChI is InChI=1S/C13H23NO3/c1-5-6-9(2)8-17-14-7-10-11(12(15)16)13(10,3)4/h7,9-11H,5-6,8H2,1-4H3,(H,15,16)/t9?,10?,11-/m0/s1. The number of hydrogen-bond acceptors (Lipinski definition) is 3. The summed E-state index contributed by atoms with van der Waals surface area (Å²) in [5.41, 5.74) is -0.187. The number of aliphatic carboxylic acids is 1. The van der Waals surface area contributed by atoms with Gasteiger partial charge in [-0.3, -0.25) is 4.79 Å². The van der Waals surface area contributed by atoms with Gasteiger partial charge in [0.2, 0.25) is 0 Å². The predicted molar refractivity (Wildman–Crippen MR) is 66.9 cm³/mol. The monoisotopic (exact) mass is 241 g/mol. The first-order valence-corrected chi connectivity index (χ1v) is 6.29. The van der Waals surface area contributed by atoms with Gasteiger partial charge in [0, 0.05) is 12.1 Å². The largest absolute Gasteiger partial charge is 0.481 e. The van der Waals surface area contributed by atoms with E-state index >= 15 is 0 Å². The highest BCUT2D eigenvalue weighted by Gasteiger charge is 2.61. The summed E-state index contributed by atoms with van der Waals surface area (Å²) < 4.78 is 0. The van der Waals surface area contributed by atoms with E-state index in [1.807, 2.05) is 13.8 Å². The van der Waals surface area contributed by atoms with Crippen molar-refractivity contribution in [1.82, 2.24) is 0 Å². The molecule has 98 valence electrons. The molecule has 0 bridgehead atoms. The molecule has 0 aromatic heterocycles. The molecule has 4 heteroatoms. The normalized spacial score (nSPS) is 28.0. The van der Waals surface area contributed by atoms with E-state index in [1.54, 1.807) is 6.21 Å². The summed E-state index contributed by atoms with van der Waals surface area (Å²) in [6.45, 7) is 8.77. The van der Waals surface area contributed by atoms with Crippen LogP contribution in [-0.2, 0) is 9.63 Å². The minimum Gasteiger partial charge on any atom is -0.481 e. The van der Waals surface area contributed by atoms with Crippen LogP contribution in [0.1, 0.15) is 40.5 Å². The summed E-state index contributed by atoms with van der Waals surface area (Å²) in [5.74, 6) is -0.560. The molecule has 0 radical (unpaired) electrons. The fourth-order valence-electron chi connectivity index (χ4n) is 2.28. The molecule has 0 amide bonds. The van der Waals surface area contributed by atoms with Crippen molar-refractivity contribution in [1.29, 1.82) is 0 Å². The number of oxime groups is 1. The SMILES string of the molecule is CCCC(C)CON=CC1[C@@H](C(=O)O)C1(C)C. The van der Waals surface area contributed by atoms with Crippen molar-refractivity contribution < 1.29 is 14.7 Å². The van der Waals surface area contributed by atoms with Gasteiger partial charge < -0.3 is 9.94 Å². The van der Waals surface area contributed by atoms with Crippen LogP contribution in [0.5, 0.6) is 0 Å². The van der Waals surface area contributed by atoms with Gasteiger partial charge in [0.05, 0.1) is 5.92 Å². The molecule has 4 nitrogen and oxygen atoms in total. The summed E-state index contributed by atoms with van der Waals surface area (Å²) >= 11 is 0. The van der Waals surface area contributed by atoms with E-state index in [0.717, 1.165) is 12.8 Å². The molecule has 2 unspecified atom stereocenters. The molecule has 0 aromatic rings. The van der Waals surface area contributed by atoms with E-state index in [4.69, 9.17) is 9.94 Å². The maximum Gasteiger partial charge on any atom is 0.307 e. The molecule has 1 saturated carbocycles. The minimum absolute atomic E-state index is 0.00137. The van der Waals surface area contributed by atoms with E-state index in [1.165, 1.54) is 0 Å². The Morgan fingerprint density at radius 3 is 2.71 bits per heavy atom. The number of carbonyl (C=O) groups is 1. The van der Waals surface area contributed by atoms with Gasteiger partial charge in [0.25, 0.3) is 0 Å². The molecule has 1 fully saturated rings. The Balaban J connectivity index is 2.29. The second-order valence-corrected chi connectivity index (χ2v) is 5.61. The highest BCUT2D eigenvalue weighted by Crippen LogP contribution is 2.57. The minimum atomic E-state index is -0.745. The van der Waals surface area contributed by atoms with E-state index in [9.17, 15) is 4.79 Å². The van der Waals surface area contributed by atoms with Gasteiger partial charge in [-0.2, -0.15) is 0 Å². The lowest BCUT2D eigenvalue weighted by Crippen LogP contribution is -2.03. The second kappa shape index (κ2) is 5.52. The summed E-state index contributed by atoms with van der Waals surface area (Å²) in [6.07, 6.45) is 3.92. The van der Waals surface area contributed by atoms with Crippen LogP contribution in [0.4, 0.5) is 0 Å². The lowest BCUT2D eigenvalue weighted by molar-refractivity contribution is -0.139. The molecule has 1 aliphatic carbocycles. The molecule has 0 heterocycles. The first-order chi connectivity index (χ1) is 7.91. The van der Waals surface area contributed by atoms with E-state index in [0.29, 0.717) is 12.5 Å². The van der Waals surface area contributed by atoms with Gasteiger partial charge in [0.1, 0.15) is 6.61 Å². The Kier molecular flexibility index (Phi) is 4.54. The summed E-state index contributed by atoms with van der Waals surface area (Å²) in [4.78, 5) is 16.1. The first-order valence-electron chi connectivity index (χ1n) is 6.29. The van der Waals surface area contributed by atoms with Crippen LogP contribution >= 0.6 is 0 Å². The van der Waals surface area contributed by atoms with Gasteiger partial charge in [-0.1, -0.05) is 39.3 Å². The Morgan fingerprint density at radius 2 is 2.24 bits per heavy atom. The number of nitrogens with zero attached hydrogens (tertiary/aromatic N) is 1. The van der Waals surface area contributed by atoms with Crippen LogP contribution in [0.3, 0.4) is 0 Å². The molecular weight excluding hydrogens is 218 g/mol. The van der Waals surface area contributed by atoms with Gasteiger partial charge in [-0.15, -0.1) is 0 Å². The lowest BCUT2D eigenvalue weighted by atomic mass is 10.1. The zero-order chi connectivity index (χ0) is 13.1. The maximum atomic E-state index is 10.9. The van der Waals surface area contributed by atoms with Crippen LogP contribution in [-0.4, -0.2) is 23.9 Å². The average molecular weight is 241 g/mol. The van der Waals surface area contributed by atoms with E-state index in [2.05, 4.69) is 19.0 Å². The van der Waals surface area contributed by atoms with Crippen LogP contribution in [0, 0.1) is 23.2 Å². The van der Waals surface area contributed by atoms with E-state index in [-0.39, 0.29) is 17.3 Å². The number of hydrogen-bond donors (Lipinski definition) is 1. The van der Waals surface area contributed by atoms with Gasteiger partial charge in [-0.25, -0.2) is 0 Å². The average Bonchev–Trinajstić information content (AvgIpc) is 2.76. The highest BCUT2D eigenvalue weighted by atomic mass is 16.6. The van der Waals surface area contributed by atoms with Crippen molar-refractivity contribution in [3.05, 3.63) is 0 Å². The topological polar surface area (TPSA) is 58.9 Å². The zero-order valence-corrected chi connectivity index (χ0v) is 11.1. The maximum absolute atomic E-state index is 10.9. The molecule has 0 aromatic carbocycles. The zero-order valence-electron chi connectivity index (χ0n) is 11.1. The number of rotatable bonds is 7. The highest BCUT2D eigenvalue weighted by molar-refractivity contribution is 5.84. The van der Waals surface area contributed by atoms with Crippen LogP contribution in [0.2, 0.25) is 0 Å². The van der Waals surface area contributed by atoms with Gasteiger partial charge in [-0.05, 0) is 17.8 Å². The molecule has 0 saturated heterocycles. The Bertz CT molecular complexity index is 299. The lowest BCUT2D eigenvalue weighted by Gasteiger charge is -2.07. The molecule has 1 N–H and O–H groups in total. The number of carboxylic acids is 1. The van der Waals surface area contributed by atoms with Crippen LogP contribution in [0.25, 0.3) is 0 Å². The molecule has 0 spiro atoms. The molecule has 1 rings (SSSR count). The van der Waals surface area contributed by atoms with E-state index < -0.39 is 5.97 Å². The second-order valence-electron chi connectivity index (χ2n) is 5.61. The predicted octanol–water partition coefficient (Wildman–Crippen LogP) is 2.78. The first kappa shape index (κ1) is 14.0. The third-order valence-corrected chi connectivity index (χ3v) is 3.61. The summed E-state index contributed by atoms with van der Waals surface area (Å²) in [7, 11) is 0. The van der Waals surface area contributed by atoms with Crippen LogP contribution in [0.15, 0.2) is 5.16 Å². The quantitative estimate of drug-likeness (QED) is 0.550. The smallest absolute Gasteiger partial charge is 0.307 e. The van der Waals surface area contributed by atoms with Crippen molar-refractivity contribution in [3.8, 4) is 0 Å². The molecular formula is C13H23NO3. The van der Waals surface area contributed by atoms with Crippen molar-refractivity contribution in [3.63, 3.8) is 0 Å². The van der Waals surface area contributed by atoms with Crippen molar-refractivity contribution in [2.75, 3.05) is 6.61 Å². The number of carboxylic acid groups (broad SMARTS) is 1. The third kappa shape index (κ3) is 3.45. The van der Waals surface area contributed by atoms with Crippen molar-refractivity contribution in [2.45, 2.75) is 40.5 Å². The Hall–Kier alpha value is -1.06. The van der Waals surface area contributed by atoms with Crippen molar-refractivity contribution >= 4 is 12.2 Å². The summed E-state index contributed by atoms with van der Waals surface area (Å²) in [6, 6.07) is 0. The van der Waals surface area contributed by atoms with Crippen LogP contribution < -0.4 is 0 Å². The fourth-order valence-corrected chi connectivity index (χ4v) is 2.28.